The summed E-state index contributed by atoms with van der Waals surface area (Å²) in [6.45, 7) is 1.09. The standard InChI is InChI=1S/C20H15FN4O5/c1-12(17-22-23-18(29-17)13-5-3-2-4-6-13)28-16(26)11-25-20(27)30-19(24-25)14-7-9-15(21)10-8-14/h2-10,12H,11H2,1H3/t12-/m1/s1. The van der Waals surface area contributed by atoms with Gasteiger partial charge in [0.15, 0.2) is 6.10 Å². The second-order valence-corrected chi connectivity index (χ2v) is 6.28. The highest BCUT2D eigenvalue weighted by atomic mass is 19.1. The monoisotopic (exact) mass is 410 g/mol. The highest BCUT2D eigenvalue weighted by molar-refractivity contribution is 5.69. The first-order valence-corrected chi connectivity index (χ1v) is 8.92. The maximum atomic E-state index is 13.0. The van der Waals surface area contributed by atoms with Crippen molar-refractivity contribution in [2.75, 3.05) is 0 Å². The number of nitrogens with zero attached hydrogens (tertiary/aromatic N) is 4. The first kappa shape index (κ1) is 19.2. The van der Waals surface area contributed by atoms with Crippen LogP contribution in [-0.2, 0) is 16.1 Å². The van der Waals surface area contributed by atoms with Crippen LogP contribution in [0.2, 0.25) is 0 Å². The van der Waals surface area contributed by atoms with Crippen LogP contribution in [0.5, 0.6) is 0 Å². The number of hydrogen-bond acceptors (Lipinski definition) is 8. The summed E-state index contributed by atoms with van der Waals surface area (Å²) in [6, 6.07) is 14.4. The van der Waals surface area contributed by atoms with E-state index >= 15 is 0 Å². The third kappa shape index (κ3) is 4.17. The quantitative estimate of drug-likeness (QED) is 0.446. The Morgan fingerprint density at radius 3 is 2.47 bits per heavy atom. The highest BCUT2D eigenvalue weighted by Crippen LogP contribution is 2.22. The number of aromatic nitrogens is 4. The van der Waals surface area contributed by atoms with E-state index in [0.29, 0.717) is 11.5 Å². The molecule has 2 aromatic carbocycles. The summed E-state index contributed by atoms with van der Waals surface area (Å²) in [4.78, 5) is 24.2. The SMILES string of the molecule is C[C@@H](OC(=O)Cn1nc(-c2ccc(F)cc2)oc1=O)c1nnc(-c2ccccc2)o1. The fourth-order valence-corrected chi connectivity index (χ4v) is 2.62. The van der Waals surface area contributed by atoms with Gasteiger partial charge < -0.3 is 13.6 Å². The summed E-state index contributed by atoms with van der Waals surface area (Å²) in [5.74, 6) is -1.65. The molecule has 9 nitrogen and oxygen atoms in total. The van der Waals surface area contributed by atoms with Crippen LogP contribution >= 0.6 is 0 Å². The lowest BCUT2D eigenvalue weighted by molar-refractivity contribution is -0.150. The fraction of sp³-hybridized carbons (Fsp3) is 0.150. The number of carbonyl (C=O) groups is 1. The molecule has 0 aliphatic carbocycles. The van der Waals surface area contributed by atoms with Crippen molar-refractivity contribution < 1.29 is 22.8 Å². The first-order chi connectivity index (χ1) is 14.5. The maximum absolute atomic E-state index is 13.0. The van der Waals surface area contributed by atoms with E-state index < -0.39 is 30.2 Å². The summed E-state index contributed by atoms with van der Waals surface area (Å²) >= 11 is 0. The maximum Gasteiger partial charge on any atom is 0.437 e. The minimum absolute atomic E-state index is 0.0368. The molecule has 0 bridgehead atoms. The van der Waals surface area contributed by atoms with Gasteiger partial charge in [-0.1, -0.05) is 18.2 Å². The molecule has 0 aliphatic rings. The van der Waals surface area contributed by atoms with Gasteiger partial charge in [0.2, 0.25) is 11.8 Å². The lowest BCUT2D eigenvalue weighted by Crippen LogP contribution is -2.23. The molecule has 4 rings (SSSR count). The Hall–Kier alpha value is -4.08. The van der Waals surface area contributed by atoms with Crippen molar-refractivity contribution >= 4 is 5.97 Å². The average molecular weight is 410 g/mol. The number of rotatable bonds is 6. The predicted octanol–water partition coefficient (Wildman–Crippen LogP) is 3.00. The van der Waals surface area contributed by atoms with Crippen molar-refractivity contribution in [1.82, 2.24) is 20.0 Å². The topological polar surface area (TPSA) is 113 Å². The summed E-state index contributed by atoms with van der Waals surface area (Å²) < 4.78 is 29.6. The second kappa shape index (κ2) is 8.11. The molecule has 0 N–H and O–H groups in total. The third-order valence-electron chi connectivity index (χ3n) is 4.09. The summed E-state index contributed by atoms with van der Waals surface area (Å²) in [6.07, 6.45) is -0.832. The van der Waals surface area contributed by atoms with Crippen molar-refractivity contribution in [1.29, 1.82) is 0 Å². The summed E-state index contributed by atoms with van der Waals surface area (Å²) in [5, 5.41) is 11.8. The molecule has 4 aromatic rings. The predicted molar refractivity (Wildman–Crippen MR) is 100 cm³/mol. The van der Waals surface area contributed by atoms with Gasteiger partial charge in [-0.3, -0.25) is 4.79 Å². The number of carbonyl (C=O) groups excluding carboxylic acids is 1. The molecule has 2 aromatic heterocycles. The minimum Gasteiger partial charge on any atom is -0.451 e. The van der Waals surface area contributed by atoms with Crippen molar-refractivity contribution in [2.45, 2.75) is 19.6 Å². The normalized spacial score (nSPS) is 11.9. The van der Waals surface area contributed by atoms with Gasteiger partial charge in [0.25, 0.3) is 5.89 Å². The average Bonchev–Trinajstić information content (AvgIpc) is 3.37. The van der Waals surface area contributed by atoms with Crippen molar-refractivity contribution in [3.05, 3.63) is 76.9 Å². The van der Waals surface area contributed by atoms with Crippen molar-refractivity contribution in [2.24, 2.45) is 0 Å². The van der Waals surface area contributed by atoms with Crippen LogP contribution < -0.4 is 5.76 Å². The van der Waals surface area contributed by atoms with Crippen LogP contribution in [-0.4, -0.2) is 25.9 Å². The largest absolute Gasteiger partial charge is 0.451 e. The number of benzene rings is 2. The fourth-order valence-electron chi connectivity index (χ4n) is 2.62. The molecule has 0 saturated carbocycles. The van der Waals surface area contributed by atoms with Crippen LogP contribution in [0.4, 0.5) is 4.39 Å². The van der Waals surface area contributed by atoms with Crippen LogP contribution in [0.1, 0.15) is 18.9 Å². The minimum atomic E-state index is -0.844. The summed E-state index contributed by atoms with van der Waals surface area (Å²) in [7, 11) is 0. The first-order valence-electron chi connectivity index (χ1n) is 8.92. The van der Waals surface area contributed by atoms with Crippen LogP contribution in [0, 0.1) is 5.82 Å². The molecule has 30 heavy (non-hydrogen) atoms. The molecule has 2 heterocycles. The molecular weight excluding hydrogens is 395 g/mol. The van der Waals surface area contributed by atoms with E-state index in [1.54, 1.807) is 6.92 Å². The number of esters is 1. The van der Waals surface area contributed by atoms with E-state index in [1.807, 2.05) is 30.3 Å². The molecule has 0 radical (unpaired) electrons. The van der Waals surface area contributed by atoms with Gasteiger partial charge in [-0.2, -0.15) is 4.68 Å². The van der Waals surface area contributed by atoms with Gasteiger partial charge in [0.05, 0.1) is 0 Å². The Morgan fingerprint density at radius 1 is 1.03 bits per heavy atom. The van der Waals surface area contributed by atoms with E-state index in [-0.39, 0.29) is 11.8 Å². The molecule has 10 heteroatoms. The Bertz CT molecular complexity index is 1210. The number of halogens is 1. The molecule has 152 valence electrons. The lowest BCUT2D eigenvalue weighted by Gasteiger charge is -2.08. The Kier molecular flexibility index (Phi) is 5.21. The zero-order valence-electron chi connectivity index (χ0n) is 15.7. The third-order valence-corrected chi connectivity index (χ3v) is 4.09. The summed E-state index contributed by atoms with van der Waals surface area (Å²) in [5.41, 5.74) is 1.13. The van der Waals surface area contributed by atoms with Gasteiger partial charge in [-0.25, -0.2) is 9.18 Å². The molecule has 0 fully saturated rings. The molecule has 0 unspecified atom stereocenters. The zero-order valence-corrected chi connectivity index (χ0v) is 15.7. The van der Waals surface area contributed by atoms with Crippen LogP contribution in [0.25, 0.3) is 22.9 Å². The lowest BCUT2D eigenvalue weighted by atomic mass is 10.2. The Labute approximate surface area is 168 Å². The van der Waals surface area contributed by atoms with Crippen molar-refractivity contribution in [3.8, 4) is 22.9 Å². The molecule has 1 atom stereocenters. The van der Waals surface area contributed by atoms with E-state index in [4.69, 9.17) is 13.6 Å². The zero-order chi connectivity index (χ0) is 21.1. The van der Waals surface area contributed by atoms with Crippen molar-refractivity contribution in [3.63, 3.8) is 0 Å². The number of ether oxygens (including phenoxy) is 1. The number of hydrogen-bond donors (Lipinski definition) is 0. The second-order valence-electron chi connectivity index (χ2n) is 6.28. The highest BCUT2D eigenvalue weighted by Gasteiger charge is 2.21. The molecule has 0 spiro atoms. The van der Waals surface area contributed by atoms with E-state index in [9.17, 15) is 14.0 Å². The van der Waals surface area contributed by atoms with Crippen LogP contribution in [0.3, 0.4) is 0 Å². The van der Waals surface area contributed by atoms with E-state index in [0.717, 1.165) is 10.2 Å². The molecular formula is C20H15FN4O5. The molecule has 0 aliphatic heterocycles. The smallest absolute Gasteiger partial charge is 0.437 e. The van der Waals surface area contributed by atoms with Gasteiger partial charge in [-0.05, 0) is 43.3 Å². The van der Waals surface area contributed by atoms with Gasteiger partial charge >= 0.3 is 11.7 Å². The van der Waals surface area contributed by atoms with Gasteiger partial charge in [0.1, 0.15) is 12.4 Å². The Morgan fingerprint density at radius 2 is 1.73 bits per heavy atom. The Balaban J connectivity index is 1.42. The van der Waals surface area contributed by atoms with Gasteiger partial charge in [-0.15, -0.1) is 15.3 Å². The molecule has 0 saturated heterocycles. The van der Waals surface area contributed by atoms with E-state index in [1.165, 1.54) is 24.3 Å². The van der Waals surface area contributed by atoms with Gasteiger partial charge in [0, 0.05) is 11.1 Å². The molecule has 0 amide bonds. The van der Waals surface area contributed by atoms with Crippen LogP contribution in [0.15, 0.2) is 68.2 Å². The van der Waals surface area contributed by atoms with E-state index in [2.05, 4.69) is 15.3 Å².